The first-order valence-corrected chi connectivity index (χ1v) is 10.1. The number of benzene rings is 2. The summed E-state index contributed by atoms with van der Waals surface area (Å²) in [6.07, 6.45) is 7.10. The third kappa shape index (κ3) is 3.09. The molecule has 0 fully saturated rings. The maximum absolute atomic E-state index is 6.08. The van der Waals surface area contributed by atoms with Gasteiger partial charge in [-0.15, -0.1) is 12.6 Å². The highest BCUT2D eigenvalue weighted by Gasteiger charge is 2.12. The molecule has 2 aromatic carbocycles. The molecule has 140 valence electrons. The van der Waals surface area contributed by atoms with Gasteiger partial charge in [-0.1, -0.05) is 29.8 Å². The number of aromatic nitrogens is 3. The molecule has 0 unspecified atom stereocenters. The monoisotopic (exact) mass is 406 g/mol. The molecule has 0 saturated heterocycles. The maximum Gasteiger partial charge on any atom is 0.159 e. The van der Waals surface area contributed by atoms with E-state index in [1.165, 1.54) is 11.1 Å². The standard InChI is InChI=1S/C22H19ClN4S/c1-13-22-26-19(11-27(22)12-21(23)25-13)17-8-16-3-2-15(9-18(16)20(28)10-17)14-4-6-24-7-5-14/h2-4,8-12,24,28H,5-7H2,1H3. The fourth-order valence-electron chi connectivity index (χ4n) is 3.82. The Morgan fingerprint density at radius 3 is 2.82 bits per heavy atom. The summed E-state index contributed by atoms with van der Waals surface area (Å²) in [5, 5.41) is 6.14. The highest BCUT2D eigenvalue weighted by Crippen LogP contribution is 2.32. The lowest BCUT2D eigenvalue weighted by Crippen LogP contribution is -2.19. The van der Waals surface area contributed by atoms with Crippen molar-refractivity contribution in [2.45, 2.75) is 18.2 Å². The molecular weight excluding hydrogens is 388 g/mol. The summed E-state index contributed by atoms with van der Waals surface area (Å²) >= 11 is 10.9. The summed E-state index contributed by atoms with van der Waals surface area (Å²) in [6, 6.07) is 10.9. The van der Waals surface area contributed by atoms with Crippen LogP contribution in [0.25, 0.3) is 33.3 Å². The molecule has 0 aliphatic carbocycles. The third-order valence-corrected chi connectivity index (χ3v) is 5.79. The van der Waals surface area contributed by atoms with E-state index in [9.17, 15) is 0 Å². The van der Waals surface area contributed by atoms with Gasteiger partial charge in [0.05, 0.1) is 11.4 Å². The Labute approximate surface area is 173 Å². The molecule has 0 bridgehead atoms. The van der Waals surface area contributed by atoms with Crippen molar-refractivity contribution in [3.05, 3.63) is 65.2 Å². The van der Waals surface area contributed by atoms with Gasteiger partial charge in [0.1, 0.15) is 5.15 Å². The second-order valence-electron chi connectivity index (χ2n) is 7.12. The van der Waals surface area contributed by atoms with Gasteiger partial charge >= 0.3 is 0 Å². The van der Waals surface area contributed by atoms with E-state index < -0.39 is 0 Å². The van der Waals surface area contributed by atoms with E-state index in [1.54, 1.807) is 6.20 Å². The number of aryl methyl sites for hydroxylation is 1. The molecule has 1 aliphatic heterocycles. The van der Waals surface area contributed by atoms with Crippen LogP contribution in [0.4, 0.5) is 0 Å². The zero-order valence-electron chi connectivity index (χ0n) is 15.4. The van der Waals surface area contributed by atoms with Gasteiger partial charge in [-0.3, -0.25) is 0 Å². The molecule has 0 radical (unpaired) electrons. The van der Waals surface area contributed by atoms with Crippen LogP contribution in [0.5, 0.6) is 0 Å². The Morgan fingerprint density at radius 1 is 1.11 bits per heavy atom. The molecule has 1 N–H and O–H groups in total. The van der Waals surface area contributed by atoms with E-state index >= 15 is 0 Å². The zero-order chi connectivity index (χ0) is 19.3. The van der Waals surface area contributed by atoms with Crippen molar-refractivity contribution >= 4 is 46.2 Å². The minimum absolute atomic E-state index is 0.460. The van der Waals surface area contributed by atoms with Crippen molar-refractivity contribution in [3.63, 3.8) is 0 Å². The molecule has 1 aliphatic rings. The van der Waals surface area contributed by atoms with Gasteiger partial charge in [-0.2, -0.15) is 0 Å². The van der Waals surface area contributed by atoms with Crippen molar-refractivity contribution < 1.29 is 0 Å². The largest absolute Gasteiger partial charge is 0.313 e. The number of fused-ring (bicyclic) bond motifs is 2. The van der Waals surface area contributed by atoms with E-state index in [2.05, 4.69) is 46.7 Å². The molecule has 2 aromatic heterocycles. The Bertz CT molecular complexity index is 1260. The fraction of sp³-hybridized carbons (Fsp3) is 0.182. The molecule has 28 heavy (non-hydrogen) atoms. The zero-order valence-corrected chi connectivity index (χ0v) is 17.1. The average Bonchev–Trinajstić information content (AvgIpc) is 3.13. The van der Waals surface area contributed by atoms with Crippen molar-refractivity contribution in [1.29, 1.82) is 0 Å². The second-order valence-corrected chi connectivity index (χ2v) is 7.99. The van der Waals surface area contributed by atoms with Crippen LogP contribution in [0.1, 0.15) is 17.7 Å². The lowest BCUT2D eigenvalue weighted by atomic mass is 9.96. The molecule has 0 amide bonds. The SMILES string of the molecule is Cc1nc(Cl)cn2cc(-c3cc(S)c4cc(C5=CCNCC5)ccc4c3)nc12. The quantitative estimate of drug-likeness (QED) is 0.451. The Hall–Kier alpha value is -2.34. The normalized spacial score (nSPS) is 14.6. The predicted molar refractivity (Wildman–Crippen MR) is 118 cm³/mol. The van der Waals surface area contributed by atoms with Crippen molar-refractivity contribution in [1.82, 2.24) is 19.7 Å². The van der Waals surface area contributed by atoms with Crippen LogP contribution < -0.4 is 5.32 Å². The molecule has 4 aromatic rings. The lowest BCUT2D eigenvalue weighted by molar-refractivity contribution is 0.739. The van der Waals surface area contributed by atoms with Crippen LogP contribution in [0.15, 0.2) is 53.7 Å². The summed E-state index contributed by atoms with van der Waals surface area (Å²) in [7, 11) is 0. The minimum atomic E-state index is 0.460. The fourth-order valence-corrected chi connectivity index (χ4v) is 4.39. The summed E-state index contributed by atoms with van der Waals surface area (Å²) in [4.78, 5) is 9.99. The minimum Gasteiger partial charge on any atom is -0.313 e. The van der Waals surface area contributed by atoms with Gasteiger partial charge in [0.15, 0.2) is 5.65 Å². The third-order valence-electron chi connectivity index (χ3n) is 5.24. The van der Waals surface area contributed by atoms with Crippen molar-refractivity contribution in [2.24, 2.45) is 0 Å². The van der Waals surface area contributed by atoms with Crippen LogP contribution in [-0.2, 0) is 0 Å². The number of imidazole rings is 1. The first kappa shape index (κ1) is 17.7. The summed E-state index contributed by atoms with van der Waals surface area (Å²) < 4.78 is 1.93. The molecule has 0 atom stereocenters. The second kappa shape index (κ2) is 6.92. The summed E-state index contributed by atoms with van der Waals surface area (Å²) in [5.41, 5.74) is 6.22. The van der Waals surface area contributed by atoms with Crippen LogP contribution in [0.3, 0.4) is 0 Å². The molecule has 0 saturated carbocycles. The smallest absolute Gasteiger partial charge is 0.159 e. The number of thiol groups is 1. The van der Waals surface area contributed by atoms with E-state index in [0.29, 0.717) is 5.15 Å². The van der Waals surface area contributed by atoms with Gasteiger partial charge in [0.25, 0.3) is 0 Å². The van der Waals surface area contributed by atoms with E-state index in [-0.39, 0.29) is 0 Å². The molecule has 6 heteroatoms. The first-order chi connectivity index (χ1) is 13.6. The van der Waals surface area contributed by atoms with E-state index in [1.807, 2.05) is 17.5 Å². The predicted octanol–water partition coefficient (Wildman–Crippen LogP) is 5.18. The van der Waals surface area contributed by atoms with Crippen LogP contribution in [0.2, 0.25) is 5.15 Å². The Morgan fingerprint density at radius 2 is 2.00 bits per heavy atom. The number of hydrogen-bond donors (Lipinski definition) is 2. The number of nitrogens with one attached hydrogen (secondary N) is 1. The average molecular weight is 407 g/mol. The maximum atomic E-state index is 6.08. The molecule has 4 nitrogen and oxygen atoms in total. The van der Waals surface area contributed by atoms with E-state index in [4.69, 9.17) is 29.2 Å². The van der Waals surface area contributed by atoms with E-state index in [0.717, 1.165) is 57.8 Å². The van der Waals surface area contributed by atoms with Crippen LogP contribution in [-0.4, -0.2) is 27.5 Å². The Kier molecular flexibility index (Phi) is 4.38. The van der Waals surface area contributed by atoms with Crippen molar-refractivity contribution in [3.8, 4) is 11.3 Å². The number of nitrogens with zero attached hydrogens (tertiary/aromatic N) is 3. The van der Waals surface area contributed by atoms with Crippen LogP contribution >= 0.6 is 24.2 Å². The topological polar surface area (TPSA) is 42.2 Å². The van der Waals surface area contributed by atoms with Gasteiger partial charge < -0.3 is 9.72 Å². The number of rotatable bonds is 2. The molecule has 0 spiro atoms. The highest BCUT2D eigenvalue weighted by atomic mass is 35.5. The molecule has 3 heterocycles. The van der Waals surface area contributed by atoms with Crippen molar-refractivity contribution in [2.75, 3.05) is 13.1 Å². The lowest BCUT2D eigenvalue weighted by Gasteiger charge is -2.15. The number of halogens is 1. The summed E-state index contributed by atoms with van der Waals surface area (Å²) in [5.74, 6) is 0. The molecular formula is C22H19ClN4S. The first-order valence-electron chi connectivity index (χ1n) is 9.27. The molecule has 5 rings (SSSR count). The van der Waals surface area contributed by atoms with Crippen LogP contribution in [0, 0.1) is 6.92 Å². The van der Waals surface area contributed by atoms with Gasteiger partial charge in [0.2, 0.25) is 0 Å². The Balaban J connectivity index is 1.61. The highest BCUT2D eigenvalue weighted by molar-refractivity contribution is 7.80. The van der Waals surface area contributed by atoms with Gasteiger partial charge in [-0.25, -0.2) is 9.97 Å². The van der Waals surface area contributed by atoms with Gasteiger partial charge in [0, 0.05) is 29.4 Å². The number of hydrogen-bond acceptors (Lipinski definition) is 4. The van der Waals surface area contributed by atoms with Gasteiger partial charge in [-0.05, 0) is 60.0 Å². The summed E-state index contributed by atoms with van der Waals surface area (Å²) in [6.45, 7) is 3.88.